The SMILES string of the molecule is C.CCN(CCc1ccccc1)C1CCC(Nc2ncnc3sc4c(c23)CCC4)CC1.c1ccc(CCCC2CCC(Nc3ncnc4sc5c(c34)CCC5)CC2)cc1. The summed E-state index contributed by atoms with van der Waals surface area (Å²) in [6.45, 7) is 4.62. The van der Waals surface area contributed by atoms with Crippen LogP contribution in [0.4, 0.5) is 11.6 Å². The molecule has 6 aromatic rings. The Balaban J connectivity index is 0.000000162. The van der Waals surface area contributed by atoms with Gasteiger partial charge >= 0.3 is 0 Å². The average molecular weight is 828 g/mol. The van der Waals surface area contributed by atoms with Gasteiger partial charge in [-0.2, -0.15) is 0 Å². The summed E-state index contributed by atoms with van der Waals surface area (Å²) in [5, 5.41) is 10.2. The third-order valence-electron chi connectivity index (χ3n) is 13.6. The number of aromatic nitrogens is 4. The van der Waals surface area contributed by atoms with Crippen LogP contribution in [-0.4, -0.2) is 56.1 Å². The number of hydrogen-bond acceptors (Lipinski definition) is 9. The van der Waals surface area contributed by atoms with Crippen molar-refractivity contribution < 1.29 is 0 Å². The number of benzene rings is 2. The molecular weight excluding hydrogens is 763 g/mol. The maximum absolute atomic E-state index is 4.66. The first-order valence-electron chi connectivity index (χ1n) is 22.5. The van der Waals surface area contributed by atoms with Crippen molar-refractivity contribution in [1.29, 1.82) is 0 Å². The number of nitrogens with one attached hydrogen (secondary N) is 2. The van der Waals surface area contributed by atoms with Crippen LogP contribution in [0.15, 0.2) is 73.3 Å². The Kier molecular flexibility index (Phi) is 14.2. The number of likely N-dealkylation sites (N-methyl/N-ethyl adjacent to an activating group) is 1. The van der Waals surface area contributed by atoms with Crippen molar-refractivity contribution in [2.45, 2.75) is 148 Å². The van der Waals surface area contributed by atoms with Crippen molar-refractivity contribution in [3.8, 4) is 0 Å². The second kappa shape index (κ2) is 20.1. The lowest BCUT2D eigenvalue weighted by molar-refractivity contribution is 0.161. The van der Waals surface area contributed by atoms with Gasteiger partial charge in [-0.05, 0) is 144 Å². The van der Waals surface area contributed by atoms with E-state index in [9.17, 15) is 0 Å². The number of hydrogen-bond donors (Lipinski definition) is 2. The van der Waals surface area contributed by atoms with Gasteiger partial charge in [0.15, 0.2) is 0 Å². The second-order valence-corrected chi connectivity index (χ2v) is 19.4. The van der Waals surface area contributed by atoms with E-state index in [2.05, 4.69) is 103 Å². The molecule has 0 bridgehead atoms. The fraction of sp³-hybridized carbons (Fsp3) is 0.520. The molecule has 0 amide bonds. The summed E-state index contributed by atoms with van der Waals surface area (Å²) in [7, 11) is 0. The molecule has 0 spiro atoms. The number of rotatable bonds is 13. The van der Waals surface area contributed by atoms with Gasteiger partial charge in [0.1, 0.15) is 34.0 Å². The van der Waals surface area contributed by atoms with Gasteiger partial charge in [-0.3, -0.25) is 0 Å². The highest BCUT2D eigenvalue weighted by Crippen LogP contribution is 2.41. The van der Waals surface area contributed by atoms with Crippen LogP contribution < -0.4 is 10.6 Å². The standard InChI is InChI=1S/C25H32N4S.C24H29N3S.CH4/c1-2-29(16-15-18-7-4-3-5-8-18)20-13-11-19(12-14-20)28-24-23-21-9-6-10-22(21)30-25(23)27-17-26-24;1-2-6-17(7-3-1)8-4-9-18-12-14-19(15-13-18)27-23-22-20-10-5-11-21(20)28-24(22)26-16-25-23;/h3-5,7-8,17,19-20H,2,6,9-16H2,1H3,(H,26,27,28);1-3,6-7,16,18-19H,4-5,8-15H2,(H,25,26,27);1H4. The van der Waals surface area contributed by atoms with Crippen molar-refractivity contribution in [2.24, 2.45) is 5.92 Å². The van der Waals surface area contributed by atoms with Crippen molar-refractivity contribution in [2.75, 3.05) is 23.7 Å². The quantitative estimate of drug-likeness (QED) is 0.120. The topological polar surface area (TPSA) is 78.9 Å². The zero-order chi connectivity index (χ0) is 39.1. The van der Waals surface area contributed by atoms with Gasteiger partial charge in [0.2, 0.25) is 0 Å². The lowest BCUT2D eigenvalue weighted by atomic mass is 9.83. The van der Waals surface area contributed by atoms with Gasteiger partial charge < -0.3 is 15.5 Å². The Morgan fingerprint density at radius 1 is 0.610 bits per heavy atom. The number of thiophene rings is 2. The van der Waals surface area contributed by atoms with E-state index in [0.717, 1.165) is 37.1 Å². The first kappa shape index (κ1) is 41.8. The second-order valence-electron chi connectivity index (χ2n) is 17.3. The number of aryl methyl sites for hydroxylation is 5. The van der Waals surface area contributed by atoms with Crippen molar-refractivity contribution >= 4 is 54.7 Å². The van der Waals surface area contributed by atoms with Crippen molar-refractivity contribution in [3.63, 3.8) is 0 Å². The molecule has 4 heterocycles. The van der Waals surface area contributed by atoms with E-state index < -0.39 is 0 Å². The minimum absolute atomic E-state index is 0. The third-order valence-corrected chi connectivity index (χ3v) is 16.0. The molecule has 0 atom stereocenters. The molecule has 2 fully saturated rings. The average Bonchev–Trinajstić information content (AvgIpc) is 4.06. The molecule has 9 heteroatoms. The van der Waals surface area contributed by atoms with Crippen molar-refractivity contribution in [3.05, 3.63) is 105 Å². The maximum Gasteiger partial charge on any atom is 0.138 e. The molecule has 4 aliphatic carbocycles. The van der Waals surface area contributed by atoms with E-state index in [0.29, 0.717) is 18.1 Å². The van der Waals surface area contributed by atoms with Crippen molar-refractivity contribution in [1.82, 2.24) is 24.8 Å². The van der Waals surface area contributed by atoms with Gasteiger partial charge in [0.25, 0.3) is 0 Å². The number of fused-ring (bicyclic) bond motifs is 6. The molecule has 10 rings (SSSR count). The molecule has 4 aliphatic rings. The van der Waals surface area contributed by atoms with E-state index in [1.54, 1.807) is 17.5 Å². The van der Waals surface area contributed by atoms with Crippen LogP contribution in [0.1, 0.15) is 123 Å². The Bertz CT molecular complexity index is 2220. The molecule has 0 unspecified atom stereocenters. The van der Waals surface area contributed by atoms with Gasteiger partial charge in [-0.25, -0.2) is 19.9 Å². The summed E-state index contributed by atoms with van der Waals surface area (Å²) >= 11 is 3.75. The fourth-order valence-electron chi connectivity index (χ4n) is 10.4. The zero-order valence-corrected chi connectivity index (χ0v) is 36.1. The van der Waals surface area contributed by atoms with Gasteiger partial charge in [0, 0.05) is 34.4 Å². The Hall–Kier alpha value is -3.92. The molecule has 0 saturated heterocycles. The molecule has 4 aromatic heterocycles. The first-order chi connectivity index (χ1) is 28.7. The smallest absolute Gasteiger partial charge is 0.138 e. The zero-order valence-electron chi connectivity index (χ0n) is 34.4. The molecule has 0 aliphatic heterocycles. The predicted molar refractivity (Wildman–Crippen MR) is 251 cm³/mol. The van der Waals surface area contributed by atoms with Crippen LogP contribution >= 0.6 is 22.7 Å². The van der Waals surface area contributed by atoms with E-state index in [1.807, 2.05) is 22.7 Å². The monoisotopic (exact) mass is 827 g/mol. The molecular formula is C50H65N7S2. The van der Waals surface area contributed by atoms with Crippen LogP contribution in [0.3, 0.4) is 0 Å². The molecule has 2 saturated carbocycles. The molecule has 2 aromatic carbocycles. The van der Waals surface area contributed by atoms with Crippen LogP contribution in [0.5, 0.6) is 0 Å². The van der Waals surface area contributed by atoms with Crippen LogP contribution in [-0.2, 0) is 38.5 Å². The van der Waals surface area contributed by atoms with Gasteiger partial charge in [-0.1, -0.05) is 81.4 Å². The lowest BCUT2D eigenvalue weighted by Crippen LogP contribution is -2.41. The summed E-state index contributed by atoms with van der Waals surface area (Å²) in [4.78, 5) is 26.5. The first-order valence-corrected chi connectivity index (χ1v) is 24.2. The lowest BCUT2D eigenvalue weighted by Gasteiger charge is -2.37. The van der Waals surface area contributed by atoms with Crippen LogP contribution in [0, 0.1) is 5.92 Å². The largest absolute Gasteiger partial charge is 0.367 e. The number of nitrogens with zero attached hydrogens (tertiary/aromatic N) is 5. The van der Waals surface area contributed by atoms with Crippen LogP contribution in [0.25, 0.3) is 20.4 Å². The highest BCUT2D eigenvalue weighted by Gasteiger charge is 2.28. The third kappa shape index (κ3) is 10.0. The van der Waals surface area contributed by atoms with E-state index >= 15 is 0 Å². The summed E-state index contributed by atoms with van der Waals surface area (Å²) in [5.74, 6) is 3.08. The highest BCUT2D eigenvalue weighted by molar-refractivity contribution is 7.19. The maximum atomic E-state index is 4.66. The summed E-state index contributed by atoms with van der Waals surface area (Å²) < 4.78 is 0. The fourth-order valence-corrected chi connectivity index (χ4v) is 12.9. The van der Waals surface area contributed by atoms with E-state index in [-0.39, 0.29) is 7.43 Å². The van der Waals surface area contributed by atoms with E-state index in [4.69, 9.17) is 0 Å². The normalized spacial score (nSPS) is 21.1. The Labute approximate surface area is 360 Å². The summed E-state index contributed by atoms with van der Waals surface area (Å²) in [5.41, 5.74) is 5.97. The van der Waals surface area contributed by atoms with Gasteiger partial charge in [0.05, 0.1) is 10.8 Å². The minimum Gasteiger partial charge on any atom is -0.367 e. The highest BCUT2D eigenvalue weighted by atomic mass is 32.1. The Morgan fingerprint density at radius 2 is 1.12 bits per heavy atom. The molecule has 7 nitrogen and oxygen atoms in total. The molecule has 2 N–H and O–H groups in total. The van der Waals surface area contributed by atoms with E-state index in [1.165, 1.54) is 157 Å². The predicted octanol–water partition coefficient (Wildman–Crippen LogP) is 12.3. The Morgan fingerprint density at radius 3 is 1.64 bits per heavy atom. The van der Waals surface area contributed by atoms with Crippen LogP contribution in [0.2, 0.25) is 0 Å². The summed E-state index contributed by atoms with van der Waals surface area (Å²) in [6, 6.07) is 23.6. The van der Waals surface area contributed by atoms with Gasteiger partial charge in [-0.15, -0.1) is 22.7 Å². The molecule has 312 valence electrons. The number of anilines is 2. The molecule has 59 heavy (non-hydrogen) atoms. The molecule has 0 radical (unpaired) electrons. The minimum atomic E-state index is 0. The summed E-state index contributed by atoms with van der Waals surface area (Å²) in [6.07, 6.45) is 26.2.